The van der Waals surface area contributed by atoms with Crippen LogP contribution in [0.2, 0.25) is 0 Å². The molecule has 2 rings (SSSR count). The summed E-state index contributed by atoms with van der Waals surface area (Å²) < 4.78 is 0. The summed E-state index contributed by atoms with van der Waals surface area (Å²) in [5.74, 6) is 0. The molecule has 2 N–H and O–H groups in total. The van der Waals surface area contributed by atoms with Crippen LogP contribution in [-0.4, -0.2) is 17.2 Å². The third kappa shape index (κ3) is 3.58. The van der Waals surface area contributed by atoms with Crippen molar-refractivity contribution in [3.05, 3.63) is 34.4 Å². The van der Waals surface area contributed by atoms with Gasteiger partial charge in [-0.15, -0.1) is 0 Å². The van der Waals surface area contributed by atoms with E-state index in [1.165, 1.54) is 36.0 Å². The molecule has 0 amide bonds. The first kappa shape index (κ1) is 14.5. The van der Waals surface area contributed by atoms with Gasteiger partial charge in [0, 0.05) is 12.1 Å². The van der Waals surface area contributed by atoms with Gasteiger partial charge < -0.3 is 10.4 Å². The molecule has 1 aliphatic rings. The lowest BCUT2D eigenvalue weighted by molar-refractivity contribution is 0.138. The van der Waals surface area contributed by atoms with Crippen LogP contribution >= 0.6 is 0 Å². The van der Waals surface area contributed by atoms with Crippen LogP contribution in [-0.2, 0) is 0 Å². The molecule has 0 saturated carbocycles. The van der Waals surface area contributed by atoms with Crippen LogP contribution in [0.25, 0.3) is 0 Å². The van der Waals surface area contributed by atoms with Gasteiger partial charge in [-0.25, -0.2) is 0 Å². The van der Waals surface area contributed by atoms with E-state index in [9.17, 15) is 5.11 Å². The van der Waals surface area contributed by atoms with Crippen LogP contribution in [0.4, 0.5) is 0 Å². The molecule has 3 atom stereocenters. The summed E-state index contributed by atoms with van der Waals surface area (Å²) in [5.41, 5.74) is 4.84. The summed E-state index contributed by atoms with van der Waals surface area (Å²) in [6.45, 7) is 8.56. The molecule has 0 aliphatic carbocycles. The van der Waals surface area contributed by atoms with Crippen LogP contribution in [0.1, 0.15) is 61.0 Å². The number of piperidine rings is 1. The minimum Gasteiger partial charge on any atom is -0.388 e. The average molecular weight is 261 g/mol. The van der Waals surface area contributed by atoms with Gasteiger partial charge in [-0.3, -0.25) is 0 Å². The number of hydrogen-bond acceptors (Lipinski definition) is 2. The molecule has 1 aromatic rings. The summed E-state index contributed by atoms with van der Waals surface area (Å²) >= 11 is 0. The SMILES string of the molecule is Cc1cc(C)c(C(O)CC2CCCC(C)N2)c(C)c1. The first-order valence-corrected chi connectivity index (χ1v) is 7.49. The van der Waals surface area contributed by atoms with Crippen molar-refractivity contribution in [1.29, 1.82) is 0 Å². The van der Waals surface area contributed by atoms with Gasteiger partial charge in [-0.05, 0) is 63.6 Å². The van der Waals surface area contributed by atoms with Crippen molar-refractivity contribution < 1.29 is 5.11 Å². The van der Waals surface area contributed by atoms with Gasteiger partial charge >= 0.3 is 0 Å². The predicted octanol–water partition coefficient (Wildman–Crippen LogP) is 3.57. The Morgan fingerprint density at radius 3 is 2.42 bits per heavy atom. The zero-order chi connectivity index (χ0) is 14.0. The number of benzene rings is 1. The lowest BCUT2D eigenvalue weighted by atomic mass is 9.89. The number of hydrogen-bond donors (Lipinski definition) is 2. The Morgan fingerprint density at radius 1 is 1.21 bits per heavy atom. The molecule has 0 bridgehead atoms. The van der Waals surface area contributed by atoms with Crippen LogP contribution in [0.3, 0.4) is 0 Å². The number of aliphatic hydroxyl groups is 1. The maximum Gasteiger partial charge on any atom is 0.0810 e. The predicted molar refractivity (Wildman–Crippen MR) is 80.5 cm³/mol. The molecule has 1 fully saturated rings. The molecule has 106 valence electrons. The van der Waals surface area contributed by atoms with E-state index in [0.29, 0.717) is 12.1 Å². The number of aliphatic hydroxyl groups excluding tert-OH is 1. The summed E-state index contributed by atoms with van der Waals surface area (Å²) in [4.78, 5) is 0. The Kier molecular flexibility index (Phi) is 4.64. The van der Waals surface area contributed by atoms with E-state index in [2.05, 4.69) is 45.1 Å². The van der Waals surface area contributed by atoms with Gasteiger partial charge in [-0.2, -0.15) is 0 Å². The van der Waals surface area contributed by atoms with Crippen molar-refractivity contribution in [3.63, 3.8) is 0 Å². The van der Waals surface area contributed by atoms with E-state index < -0.39 is 0 Å². The fourth-order valence-corrected chi connectivity index (χ4v) is 3.53. The summed E-state index contributed by atoms with van der Waals surface area (Å²) in [6, 6.07) is 5.38. The van der Waals surface area contributed by atoms with Crippen LogP contribution in [0, 0.1) is 20.8 Å². The van der Waals surface area contributed by atoms with Gasteiger partial charge in [-0.1, -0.05) is 24.1 Å². The van der Waals surface area contributed by atoms with Crippen molar-refractivity contribution >= 4 is 0 Å². The van der Waals surface area contributed by atoms with E-state index >= 15 is 0 Å². The summed E-state index contributed by atoms with van der Waals surface area (Å²) in [6.07, 6.45) is 4.20. The van der Waals surface area contributed by atoms with Crippen LogP contribution in [0.5, 0.6) is 0 Å². The van der Waals surface area contributed by atoms with E-state index in [-0.39, 0.29) is 6.10 Å². The molecule has 0 aromatic heterocycles. The average Bonchev–Trinajstić information content (AvgIpc) is 2.27. The minimum atomic E-state index is -0.344. The Balaban J connectivity index is 2.09. The second kappa shape index (κ2) is 6.06. The van der Waals surface area contributed by atoms with Gasteiger partial charge in [0.15, 0.2) is 0 Å². The van der Waals surface area contributed by atoms with Crippen molar-refractivity contribution in [2.24, 2.45) is 0 Å². The standard InChI is InChI=1S/C17H27NO/c1-11-8-12(2)17(13(3)9-11)16(19)10-15-7-5-6-14(4)18-15/h8-9,14-16,18-19H,5-7,10H2,1-4H3. The monoisotopic (exact) mass is 261 g/mol. The Labute approximate surface area is 117 Å². The Morgan fingerprint density at radius 2 is 1.84 bits per heavy atom. The van der Waals surface area contributed by atoms with E-state index in [1.807, 2.05) is 0 Å². The lowest BCUT2D eigenvalue weighted by Crippen LogP contribution is -2.41. The first-order chi connectivity index (χ1) is 8.97. The van der Waals surface area contributed by atoms with E-state index in [1.54, 1.807) is 0 Å². The maximum absolute atomic E-state index is 10.6. The summed E-state index contributed by atoms with van der Waals surface area (Å²) in [7, 11) is 0. The number of rotatable bonds is 3. The molecule has 0 spiro atoms. The van der Waals surface area contributed by atoms with Crippen molar-refractivity contribution in [2.75, 3.05) is 0 Å². The minimum absolute atomic E-state index is 0.344. The molecule has 1 aliphatic heterocycles. The third-order valence-electron chi connectivity index (χ3n) is 4.29. The molecule has 1 saturated heterocycles. The summed E-state index contributed by atoms with van der Waals surface area (Å²) in [5, 5.41) is 14.2. The normalized spacial score (nSPS) is 25.3. The fourth-order valence-electron chi connectivity index (χ4n) is 3.53. The van der Waals surface area contributed by atoms with Crippen LogP contribution in [0.15, 0.2) is 12.1 Å². The number of aryl methyl sites for hydroxylation is 3. The molecule has 3 unspecified atom stereocenters. The molecule has 19 heavy (non-hydrogen) atoms. The molecule has 2 heteroatoms. The van der Waals surface area contributed by atoms with Crippen molar-refractivity contribution in [1.82, 2.24) is 5.32 Å². The van der Waals surface area contributed by atoms with Gasteiger partial charge in [0.25, 0.3) is 0 Å². The molecular formula is C17H27NO. The molecule has 0 radical (unpaired) electrons. The topological polar surface area (TPSA) is 32.3 Å². The third-order valence-corrected chi connectivity index (χ3v) is 4.29. The molecule has 1 aromatic carbocycles. The smallest absolute Gasteiger partial charge is 0.0810 e. The van der Waals surface area contributed by atoms with Gasteiger partial charge in [0.1, 0.15) is 0 Å². The quantitative estimate of drug-likeness (QED) is 0.872. The highest BCUT2D eigenvalue weighted by atomic mass is 16.3. The number of nitrogens with one attached hydrogen (secondary N) is 1. The second-order valence-electron chi connectivity index (χ2n) is 6.26. The highest BCUT2D eigenvalue weighted by molar-refractivity contribution is 5.39. The van der Waals surface area contributed by atoms with Gasteiger partial charge in [0.05, 0.1) is 6.10 Å². The van der Waals surface area contributed by atoms with Crippen LogP contribution < -0.4 is 5.32 Å². The maximum atomic E-state index is 10.6. The Bertz CT molecular complexity index is 418. The molecule has 2 nitrogen and oxygen atoms in total. The van der Waals surface area contributed by atoms with Crippen molar-refractivity contribution in [2.45, 2.75) is 71.6 Å². The molecular weight excluding hydrogens is 234 g/mol. The highest BCUT2D eigenvalue weighted by Crippen LogP contribution is 2.28. The molecule has 1 heterocycles. The second-order valence-corrected chi connectivity index (χ2v) is 6.26. The Hall–Kier alpha value is -0.860. The lowest BCUT2D eigenvalue weighted by Gasteiger charge is -2.31. The highest BCUT2D eigenvalue weighted by Gasteiger charge is 2.23. The van der Waals surface area contributed by atoms with Crippen molar-refractivity contribution in [3.8, 4) is 0 Å². The first-order valence-electron chi connectivity index (χ1n) is 7.49. The zero-order valence-corrected chi connectivity index (χ0v) is 12.7. The zero-order valence-electron chi connectivity index (χ0n) is 12.7. The largest absolute Gasteiger partial charge is 0.388 e. The van der Waals surface area contributed by atoms with E-state index in [0.717, 1.165) is 12.0 Å². The van der Waals surface area contributed by atoms with E-state index in [4.69, 9.17) is 0 Å². The fraction of sp³-hybridized carbons (Fsp3) is 0.647. The van der Waals surface area contributed by atoms with Gasteiger partial charge in [0.2, 0.25) is 0 Å².